The number of benzene rings is 1. The predicted octanol–water partition coefficient (Wildman–Crippen LogP) is 2.47. The Morgan fingerprint density at radius 1 is 1.32 bits per heavy atom. The minimum Gasteiger partial charge on any atom is -0.495 e. The van der Waals surface area contributed by atoms with E-state index in [0.717, 1.165) is 0 Å². The Kier molecular flexibility index (Phi) is 4.96. The Bertz CT molecular complexity index is 792. The van der Waals surface area contributed by atoms with Crippen LogP contribution in [-0.4, -0.2) is 30.7 Å². The Morgan fingerprint density at radius 3 is 2.55 bits per heavy atom. The summed E-state index contributed by atoms with van der Waals surface area (Å²) < 4.78 is 32.3. The van der Waals surface area contributed by atoms with Crippen LogP contribution in [0.4, 0.5) is 0 Å². The molecule has 2 N–H and O–H groups in total. The number of hydrogen-bond acceptors (Lipinski definition) is 5. The average Bonchev–Trinajstić information content (AvgIpc) is 2.87. The van der Waals surface area contributed by atoms with E-state index in [9.17, 15) is 8.42 Å². The van der Waals surface area contributed by atoms with Gasteiger partial charge in [0, 0.05) is 6.07 Å². The van der Waals surface area contributed by atoms with Crippen LogP contribution in [0.3, 0.4) is 0 Å². The van der Waals surface area contributed by atoms with E-state index >= 15 is 0 Å². The Hall–Kier alpha value is -1.35. The molecular formula is C12H14Cl2N4O3S. The molecule has 0 aliphatic heterocycles. The van der Waals surface area contributed by atoms with Crippen molar-refractivity contribution >= 4 is 33.2 Å². The van der Waals surface area contributed by atoms with Crippen molar-refractivity contribution in [3.05, 3.63) is 33.8 Å². The number of H-pyrrole nitrogens is 1. The number of methoxy groups -OCH3 is 1. The van der Waals surface area contributed by atoms with Crippen LogP contribution in [0, 0.1) is 6.92 Å². The van der Waals surface area contributed by atoms with Crippen LogP contribution in [0.2, 0.25) is 10.0 Å². The molecule has 0 fully saturated rings. The SMILES string of the molecule is COc1cc(Cl)c(S(=O)(=O)N[C@H](C)c2n[nH]c(C)n2)cc1Cl. The molecule has 0 spiro atoms. The lowest BCUT2D eigenvalue weighted by atomic mass is 10.3. The molecule has 2 rings (SSSR count). The van der Waals surface area contributed by atoms with Gasteiger partial charge in [-0.25, -0.2) is 18.1 Å². The minimum atomic E-state index is -3.89. The van der Waals surface area contributed by atoms with Crippen LogP contribution in [0.25, 0.3) is 0 Å². The third-order valence-electron chi connectivity index (χ3n) is 2.83. The van der Waals surface area contributed by atoms with Crippen LogP contribution < -0.4 is 9.46 Å². The molecule has 0 aliphatic rings. The van der Waals surface area contributed by atoms with Gasteiger partial charge in [-0.05, 0) is 19.9 Å². The number of rotatable bonds is 5. The lowest BCUT2D eigenvalue weighted by Gasteiger charge is -2.13. The highest BCUT2D eigenvalue weighted by Gasteiger charge is 2.24. The first-order valence-corrected chi connectivity index (χ1v) is 8.42. The fourth-order valence-electron chi connectivity index (χ4n) is 1.78. The van der Waals surface area contributed by atoms with E-state index in [1.807, 2.05) is 0 Å². The van der Waals surface area contributed by atoms with Crippen molar-refractivity contribution in [3.8, 4) is 5.75 Å². The van der Waals surface area contributed by atoms with Gasteiger partial charge in [0.05, 0.1) is 23.2 Å². The Labute approximate surface area is 138 Å². The van der Waals surface area contributed by atoms with Crippen molar-refractivity contribution < 1.29 is 13.2 Å². The molecule has 0 saturated carbocycles. The quantitative estimate of drug-likeness (QED) is 0.849. The summed E-state index contributed by atoms with van der Waals surface area (Å²) in [5.41, 5.74) is 0. The Morgan fingerprint density at radius 2 is 2.00 bits per heavy atom. The number of sulfonamides is 1. The zero-order valence-corrected chi connectivity index (χ0v) is 14.3. The molecule has 0 saturated heterocycles. The van der Waals surface area contributed by atoms with Crippen LogP contribution in [0.15, 0.2) is 17.0 Å². The largest absolute Gasteiger partial charge is 0.495 e. The molecule has 7 nitrogen and oxygen atoms in total. The van der Waals surface area contributed by atoms with Gasteiger partial charge in [-0.1, -0.05) is 23.2 Å². The van der Waals surface area contributed by atoms with Crippen molar-refractivity contribution in [1.29, 1.82) is 0 Å². The van der Waals surface area contributed by atoms with Crippen molar-refractivity contribution in [2.45, 2.75) is 24.8 Å². The molecule has 0 radical (unpaired) electrons. The summed E-state index contributed by atoms with van der Waals surface area (Å²) in [4.78, 5) is 3.94. The number of nitrogens with one attached hydrogen (secondary N) is 2. The third kappa shape index (κ3) is 3.52. The summed E-state index contributed by atoms with van der Waals surface area (Å²) >= 11 is 12.0. The van der Waals surface area contributed by atoms with Crippen molar-refractivity contribution in [1.82, 2.24) is 19.9 Å². The first kappa shape index (κ1) is 17.0. The van der Waals surface area contributed by atoms with Crippen molar-refractivity contribution in [2.75, 3.05) is 7.11 Å². The van der Waals surface area contributed by atoms with Crippen molar-refractivity contribution in [3.63, 3.8) is 0 Å². The summed E-state index contributed by atoms with van der Waals surface area (Å²) in [6, 6.07) is 1.95. The number of hydrogen-bond donors (Lipinski definition) is 2. The van der Waals surface area contributed by atoms with E-state index in [-0.39, 0.29) is 14.9 Å². The maximum absolute atomic E-state index is 12.4. The number of nitrogens with zero attached hydrogens (tertiary/aromatic N) is 2. The zero-order valence-electron chi connectivity index (χ0n) is 12.0. The number of aryl methyl sites for hydroxylation is 1. The monoisotopic (exact) mass is 364 g/mol. The summed E-state index contributed by atoms with van der Waals surface area (Å²) in [5, 5.41) is 6.72. The zero-order chi connectivity index (χ0) is 16.5. The van der Waals surface area contributed by atoms with Gasteiger partial charge in [0.15, 0.2) is 5.82 Å². The van der Waals surface area contributed by atoms with E-state index < -0.39 is 16.1 Å². The van der Waals surface area contributed by atoms with Gasteiger partial charge in [-0.2, -0.15) is 5.10 Å². The lowest BCUT2D eigenvalue weighted by Crippen LogP contribution is -2.28. The first-order chi connectivity index (χ1) is 10.2. The van der Waals surface area contributed by atoms with Gasteiger partial charge in [-0.15, -0.1) is 0 Å². The third-order valence-corrected chi connectivity index (χ3v) is 5.13. The van der Waals surface area contributed by atoms with Gasteiger partial charge in [0.2, 0.25) is 10.0 Å². The molecule has 0 aliphatic carbocycles. The molecule has 1 heterocycles. The van der Waals surface area contributed by atoms with E-state index in [4.69, 9.17) is 27.9 Å². The van der Waals surface area contributed by atoms with Gasteiger partial charge in [-0.3, -0.25) is 5.10 Å². The number of aromatic nitrogens is 3. The summed E-state index contributed by atoms with van der Waals surface area (Å²) in [6.45, 7) is 3.34. The molecule has 1 aromatic carbocycles. The summed E-state index contributed by atoms with van der Waals surface area (Å²) in [7, 11) is -2.48. The van der Waals surface area contributed by atoms with Crippen LogP contribution >= 0.6 is 23.2 Å². The average molecular weight is 365 g/mol. The van der Waals surface area contributed by atoms with Gasteiger partial charge >= 0.3 is 0 Å². The highest BCUT2D eigenvalue weighted by molar-refractivity contribution is 7.89. The maximum Gasteiger partial charge on any atom is 0.242 e. The Balaban J connectivity index is 2.33. The molecule has 0 bridgehead atoms. The van der Waals surface area contributed by atoms with Crippen molar-refractivity contribution in [2.24, 2.45) is 0 Å². The van der Waals surface area contributed by atoms with Gasteiger partial charge in [0.1, 0.15) is 16.5 Å². The second-order valence-electron chi connectivity index (χ2n) is 4.54. The molecule has 120 valence electrons. The second-order valence-corrected chi connectivity index (χ2v) is 7.04. The normalized spacial score (nSPS) is 13.1. The van der Waals surface area contributed by atoms with Gasteiger partial charge in [0.25, 0.3) is 0 Å². The molecule has 10 heteroatoms. The summed E-state index contributed by atoms with van der Waals surface area (Å²) in [5.74, 6) is 1.21. The molecule has 2 aromatic rings. The van der Waals surface area contributed by atoms with Crippen LogP contribution in [-0.2, 0) is 10.0 Å². The minimum absolute atomic E-state index is 0.00659. The van der Waals surface area contributed by atoms with E-state index in [2.05, 4.69) is 19.9 Å². The predicted molar refractivity (Wildman–Crippen MR) is 82.9 cm³/mol. The number of halogens is 2. The topological polar surface area (TPSA) is 97.0 Å². The standard InChI is InChI=1S/C12H14Cl2N4O3S/c1-6(12-15-7(2)16-17-12)18-22(19,20)11-5-8(13)10(21-3)4-9(11)14/h4-6,18H,1-3H3,(H,15,16,17)/t6-/m1/s1. The van der Waals surface area contributed by atoms with E-state index in [1.54, 1.807) is 13.8 Å². The molecule has 22 heavy (non-hydrogen) atoms. The number of ether oxygens (including phenoxy) is 1. The highest BCUT2D eigenvalue weighted by Crippen LogP contribution is 2.33. The van der Waals surface area contributed by atoms with Crippen LogP contribution in [0.5, 0.6) is 5.75 Å². The van der Waals surface area contributed by atoms with E-state index in [0.29, 0.717) is 17.4 Å². The van der Waals surface area contributed by atoms with Gasteiger partial charge < -0.3 is 4.74 Å². The maximum atomic E-state index is 12.4. The fraction of sp³-hybridized carbons (Fsp3) is 0.333. The molecule has 1 aromatic heterocycles. The summed E-state index contributed by atoms with van der Waals surface area (Å²) in [6.07, 6.45) is 0. The first-order valence-electron chi connectivity index (χ1n) is 6.19. The molecule has 0 amide bonds. The molecule has 1 atom stereocenters. The smallest absolute Gasteiger partial charge is 0.242 e. The van der Waals surface area contributed by atoms with E-state index in [1.165, 1.54) is 19.2 Å². The number of aromatic amines is 1. The molecular weight excluding hydrogens is 351 g/mol. The molecule has 0 unspecified atom stereocenters. The highest BCUT2D eigenvalue weighted by atomic mass is 35.5. The van der Waals surface area contributed by atoms with Crippen LogP contribution in [0.1, 0.15) is 24.6 Å². The fourth-order valence-corrected chi connectivity index (χ4v) is 3.83. The lowest BCUT2D eigenvalue weighted by molar-refractivity contribution is 0.414. The second kappa shape index (κ2) is 6.41.